The van der Waals surface area contributed by atoms with Gasteiger partial charge in [0.1, 0.15) is 5.75 Å². The molecule has 13 aromatic carbocycles. The van der Waals surface area contributed by atoms with E-state index in [9.17, 15) is 0 Å². The molecule has 0 heterocycles. The van der Waals surface area contributed by atoms with Crippen molar-refractivity contribution >= 4 is 11.6 Å². The molecule has 13 rings (SSSR count). The van der Waals surface area contributed by atoms with Gasteiger partial charge in [-0.1, -0.05) is 189 Å². The van der Waals surface area contributed by atoms with E-state index in [4.69, 9.17) is 16.3 Å². The minimum absolute atomic E-state index is 0.0662. The highest BCUT2D eigenvalue weighted by molar-refractivity contribution is 6.31. The highest BCUT2D eigenvalue weighted by Crippen LogP contribution is 2.66. The number of alkyl halides is 27. The van der Waals surface area contributed by atoms with Crippen molar-refractivity contribution in [3.05, 3.63) is 350 Å². The van der Waals surface area contributed by atoms with Gasteiger partial charge in [0.2, 0.25) is 0 Å². The highest BCUT2D eigenvalue weighted by atomic mass is 35.5. The lowest BCUT2D eigenvalue weighted by molar-refractivity contribution is -0.138. The molecule has 0 bridgehead atoms. The van der Waals surface area contributed by atoms with Crippen molar-refractivity contribution in [3.8, 4) is 106 Å². The summed E-state index contributed by atoms with van der Waals surface area (Å²) in [6.45, 7) is 3.00. The number of ether oxygens (including phenoxy) is 1. The number of rotatable bonds is 15. The van der Waals surface area contributed by atoms with Crippen molar-refractivity contribution in [2.24, 2.45) is 0 Å². The van der Waals surface area contributed by atoms with Crippen LogP contribution >= 0.6 is 11.6 Å². The van der Waals surface area contributed by atoms with E-state index in [0.29, 0.717) is 140 Å². The van der Waals surface area contributed by atoms with E-state index in [1.807, 2.05) is 0 Å². The Morgan fingerprint density at radius 1 is 0.264 bits per heavy atom. The summed E-state index contributed by atoms with van der Waals surface area (Å²) >= 11 is 6.37. The molecule has 1 nitrogen and oxygen atoms in total. The maximum atomic E-state index is 17.8. The second-order valence-electron chi connectivity index (χ2n) is 28.2. The SMILES string of the molecule is COc1ccc(C(c2cccc(C(F)(F)F)c2)(c2cccc(C(F)(F)F)c2-c2cccc(C(F)(F)F)c2-c2cccc(C(F)(F)F)c2)c2c(-c3cccc(C(C)C)c3)c(-c3ccc(C(F)(F)F)cc3)c(-c3cccc(C(F)(F)F)c3)c(-c3c(-c4cc[c]c(-c5cccc(Cl)c5)c4C(F)(F)F)cccc3C(F)(F)F)c2-c2cccc(C(F)(F)F)c2)cc1. The van der Waals surface area contributed by atoms with E-state index in [2.05, 4.69) is 6.07 Å². The van der Waals surface area contributed by atoms with E-state index in [1.165, 1.54) is 32.0 Å². The molecule has 121 heavy (non-hydrogen) atoms. The fraction of sp³-hybridized carbons (Fsp3) is 0.152. The largest absolute Gasteiger partial charge is 0.497 e. The van der Waals surface area contributed by atoms with Crippen LogP contribution in [-0.2, 0) is 61.0 Å². The topological polar surface area (TPSA) is 9.23 Å². The molecule has 1 atom stereocenters. The number of hydrogen-bond donors (Lipinski definition) is 0. The van der Waals surface area contributed by atoms with Crippen LogP contribution in [0.15, 0.2) is 261 Å². The lowest BCUT2D eigenvalue weighted by atomic mass is 9.57. The number of methoxy groups -OCH3 is 1. The molecule has 0 aliphatic rings. The van der Waals surface area contributed by atoms with E-state index >= 15 is 119 Å². The zero-order valence-corrected chi connectivity index (χ0v) is 62.7. The lowest BCUT2D eigenvalue weighted by Crippen LogP contribution is -2.35. The molecule has 13 aromatic rings. The minimum atomic E-state index is -6.17. The zero-order valence-electron chi connectivity index (χ0n) is 61.9. The molecular formula is C92H53ClF27O. The molecule has 0 spiro atoms. The Hall–Kier alpha value is -11.9. The monoisotopic (exact) mass is 1720 g/mol. The van der Waals surface area contributed by atoms with Crippen LogP contribution in [-0.4, -0.2) is 7.11 Å². The van der Waals surface area contributed by atoms with Crippen LogP contribution in [0.25, 0.3) is 100 Å². The standard InChI is InChI=1S/C92H53ClF27O/c1-48(2)50-14-4-16-52(42-50)76-74(49-34-36-57(37-35-49)84(94,95)96)75(54-18-6-22-60(44-54)86(100,101)102)80(79-66(27-11-32-72(79)91(115,116)117)67-28-10-26-65(81(67)92(118,119)120)51-15-8-25-63(93)46-51)77(55-19-7-23-61(45-55)87(103,104)105)82(76)83(56-38-40-64(121-3)41-39-56,58-20-9-24-62(47-58)88(106,107)108)69-30-13-33-71(90(112,113)114)78(69)68-29-12-31-70(89(109,110)111)73(68)53-17-5-21-59(43-53)85(97,98)99/h4-25,27-48H,1-3H3. The van der Waals surface area contributed by atoms with E-state index in [-0.39, 0.29) is 58.8 Å². The molecule has 0 N–H and O–H groups in total. The molecule has 0 saturated carbocycles. The Morgan fingerprint density at radius 3 is 1.14 bits per heavy atom. The predicted molar refractivity (Wildman–Crippen MR) is 403 cm³/mol. The summed E-state index contributed by atoms with van der Waals surface area (Å²) in [5, 5.41) is -0.270. The summed E-state index contributed by atoms with van der Waals surface area (Å²) in [7, 11) is 1.01. The van der Waals surface area contributed by atoms with E-state index < -0.39 is 239 Å². The van der Waals surface area contributed by atoms with Gasteiger partial charge in [0.05, 0.1) is 62.6 Å². The van der Waals surface area contributed by atoms with Crippen molar-refractivity contribution in [2.75, 3.05) is 7.11 Å². The van der Waals surface area contributed by atoms with Crippen molar-refractivity contribution in [1.29, 1.82) is 0 Å². The predicted octanol–water partition coefficient (Wildman–Crippen LogP) is 31.8. The van der Waals surface area contributed by atoms with Crippen LogP contribution in [0.1, 0.15) is 97.7 Å². The summed E-state index contributed by atoms with van der Waals surface area (Å²) in [4.78, 5) is 0. The highest BCUT2D eigenvalue weighted by Gasteiger charge is 2.53. The van der Waals surface area contributed by atoms with Crippen LogP contribution in [0.4, 0.5) is 119 Å². The van der Waals surface area contributed by atoms with Crippen molar-refractivity contribution in [1.82, 2.24) is 0 Å². The van der Waals surface area contributed by atoms with E-state index in [1.54, 1.807) is 0 Å². The summed E-state index contributed by atoms with van der Waals surface area (Å²) < 4.78 is 452. The van der Waals surface area contributed by atoms with Crippen LogP contribution in [0.3, 0.4) is 0 Å². The van der Waals surface area contributed by atoms with Crippen molar-refractivity contribution < 1.29 is 123 Å². The van der Waals surface area contributed by atoms with Gasteiger partial charge < -0.3 is 4.74 Å². The van der Waals surface area contributed by atoms with Crippen LogP contribution in [0.2, 0.25) is 5.02 Å². The Kier molecular flexibility index (Phi) is 22.7. The first-order valence-electron chi connectivity index (χ1n) is 35.8. The van der Waals surface area contributed by atoms with Crippen molar-refractivity contribution in [3.63, 3.8) is 0 Å². The number of benzene rings is 13. The molecule has 1 radical (unpaired) electrons. The number of halogens is 28. The summed E-state index contributed by atoms with van der Waals surface area (Å²) in [6, 6.07) is 28.5. The fourth-order valence-corrected chi connectivity index (χ4v) is 15.7. The number of hydrogen-bond acceptors (Lipinski definition) is 1. The quantitative estimate of drug-likeness (QED) is 0.0734. The lowest BCUT2D eigenvalue weighted by Gasteiger charge is -2.44. The summed E-state index contributed by atoms with van der Waals surface area (Å²) in [5.41, 5.74) is -48.4. The Morgan fingerprint density at radius 2 is 0.653 bits per heavy atom. The first-order valence-corrected chi connectivity index (χ1v) is 36.2. The second kappa shape index (κ2) is 31.6. The smallest absolute Gasteiger partial charge is 0.417 e. The first kappa shape index (κ1) is 86.9. The fourth-order valence-electron chi connectivity index (χ4n) is 15.5. The summed E-state index contributed by atoms with van der Waals surface area (Å²) in [5.74, 6) is -1.17. The molecule has 0 aliphatic heterocycles. The van der Waals surface area contributed by atoms with Crippen LogP contribution in [0, 0.1) is 6.07 Å². The molecule has 29 heteroatoms. The van der Waals surface area contributed by atoms with Gasteiger partial charge in [0.15, 0.2) is 0 Å². The molecule has 623 valence electrons. The van der Waals surface area contributed by atoms with Gasteiger partial charge >= 0.3 is 55.6 Å². The molecule has 0 saturated heterocycles. The normalized spacial score (nSPS) is 13.4. The third-order valence-electron chi connectivity index (χ3n) is 20.5. The average molecular weight is 1720 g/mol. The molecule has 0 aliphatic carbocycles. The van der Waals surface area contributed by atoms with Crippen LogP contribution < -0.4 is 4.74 Å². The van der Waals surface area contributed by atoms with Crippen LogP contribution in [0.5, 0.6) is 5.75 Å². The maximum absolute atomic E-state index is 17.8. The van der Waals surface area contributed by atoms with Gasteiger partial charge in [-0.25, -0.2) is 0 Å². The second-order valence-corrected chi connectivity index (χ2v) is 28.7. The molecule has 0 amide bonds. The van der Waals surface area contributed by atoms with Gasteiger partial charge in [0.25, 0.3) is 0 Å². The minimum Gasteiger partial charge on any atom is -0.497 e. The average Bonchev–Trinajstić information content (AvgIpc) is 0.676. The van der Waals surface area contributed by atoms with Gasteiger partial charge in [0, 0.05) is 21.7 Å². The Bertz CT molecular complexity index is 6090. The van der Waals surface area contributed by atoms with Gasteiger partial charge in [-0.2, -0.15) is 119 Å². The van der Waals surface area contributed by atoms with Gasteiger partial charge in [-0.05, 0) is 220 Å². The summed E-state index contributed by atoms with van der Waals surface area (Å²) in [6.07, 6.45) is -52.1. The molecular weight excluding hydrogens is 1670 g/mol. The Labute approximate surface area is 675 Å². The molecule has 0 aromatic heterocycles. The Balaban J connectivity index is 1.52. The van der Waals surface area contributed by atoms with Gasteiger partial charge in [-0.3, -0.25) is 0 Å². The van der Waals surface area contributed by atoms with E-state index in [0.717, 1.165) is 67.8 Å². The zero-order chi connectivity index (χ0) is 88.0. The first-order chi connectivity index (χ1) is 56.4. The van der Waals surface area contributed by atoms with Gasteiger partial charge in [-0.15, -0.1) is 0 Å². The molecule has 1 unspecified atom stereocenters. The third-order valence-corrected chi connectivity index (χ3v) is 20.8. The third kappa shape index (κ3) is 16.9. The maximum Gasteiger partial charge on any atom is 0.417 e. The van der Waals surface area contributed by atoms with Crippen molar-refractivity contribution in [2.45, 2.75) is 80.8 Å². The molecule has 0 fully saturated rings.